The number of hydrogen-bond donors (Lipinski definition) is 1. The zero-order valence-electron chi connectivity index (χ0n) is 21.3. The lowest BCUT2D eigenvalue weighted by Crippen LogP contribution is -2.40. The molecule has 9 heteroatoms. The van der Waals surface area contributed by atoms with E-state index in [-0.39, 0.29) is 17.9 Å². The fraction of sp³-hybridized carbons (Fsp3) is 0.167. The number of ether oxygens (including phenoxy) is 2. The SMILES string of the molecule is CCOC(=O)C1=C(c2ccccc2)N=c2s/c(=C\c3cc(I)c(O)c(OCC)c3)c(=O)n2[C@H]1c1ccccc1. The summed E-state index contributed by atoms with van der Waals surface area (Å²) in [6, 6.07) is 21.6. The maximum Gasteiger partial charge on any atom is 0.338 e. The molecule has 1 atom stereocenters. The van der Waals surface area contributed by atoms with Gasteiger partial charge in [0.1, 0.15) is 0 Å². The van der Waals surface area contributed by atoms with Crippen molar-refractivity contribution < 1.29 is 19.4 Å². The number of nitrogens with zero attached hydrogens (tertiary/aromatic N) is 2. The number of esters is 1. The van der Waals surface area contributed by atoms with Crippen LogP contribution in [0.5, 0.6) is 11.5 Å². The van der Waals surface area contributed by atoms with Crippen LogP contribution in [0.4, 0.5) is 0 Å². The van der Waals surface area contributed by atoms with Crippen molar-refractivity contribution in [2.45, 2.75) is 19.9 Å². The normalized spacial score (nSPS) is 15.1. The van der Waals surface area contributed by atoms with Crippen molar-refractivity contribution >= 4 is 51.7 Å². The van der Waals surface area contributed by atoms with Gasteiger partial charge in [0.15, 0.2) is 16.3 Å². The molecule has 4 aromatic rings. The van der Waals surface area contributed by atoms with Gasteiger partial charge in [-0.2, -0.15) is 0 Å². The van der Waals surface area contributed by atoms with Gasteiger partial charge in [-0.3, -0.25) is 9.36 Å². The standard InChI is InChI=1S/C30H25IN2O5S/c1-3-37-22-16-18(15-21(31)27(22)34)17-23-28(35)33-26(20-13-9-6-10-14-20)24(29(36)38-4-2)25(32-30(33)39-23)19-11-7-5-8-12-19/h5-17,26,34H,3-4H2,1-2H3/b23-17-/t26-/m0/s1. The number of carbonyl (C=O) groups excluding carboxylic acids is 1. The first-order valence-electron chi connectivity index (χ1n) is 12.4. The topological polar surface area (TPSA) is 90.1 Å². The van der Waals surface area contributed by atoms with Crippen molar-refractivity contribution in [3.05, 3.63) is 118 Å². The van der Waals surface area contributed by atoms with E-state index < -0.39 is 12.0 Å². The summed E-state index contributed by atoms with van der Waals surface area (Å²) in [4.78, 5) is 32.7. The summed E-state index contributed by atoms with van der Waals surface area (Å²) >= 11 is 3.28. The summed E-state index contributed by atoms with van der Waals surface area (Å²) in [6.07, 6.45) is 1.76. The molecule has 1 aliphatic rings. The average molecular weight is 653 g/mol. The highest BCUT2D eigenvalue weighted by molar-refractivity contribution is 14.1. The van der Waals surface area contributed by atoms with Crippen LogP contribution >= 0.6 is 33.9 Å². The molecule has 0 saturated carbocycles. The Bertz CT molecular complexity index is 1740. The third-order valence-corrected chi connectivity index (χ3v) is 7.94. The zero-order valence-corrected chi connectivity index (χ0v) is 24.2. The summed E-state index contributed by atoms with van der Waals surface area (Å²) in [5, 5.41) is 10.4. The van der Waals surface area contributed by atoms with Crippen LogP contribution in [0.15, 0.2) is 88.2 Å². The van der Waals surface area contributed by atoms with E-state index in [0.29, 0.717) is 42.1 Å². The molecular weight excluding hydrogens is 627 g/mol. The van der Waals surface area contributed by atoms with Gasteiger partial charge in [-0.15, -0.1) is 0 Å². The van der Waals surface area contributed by atoms with Crippen LogP contribution in [0.25, 0.3) is 11.8 Å². The fourth-order valence-electron chi connectivity index (χ4n) is 4.49. The third kappa shape index (κ3) is 5.28. The van der Waals surface area contributed by atoms with Gasteiger partial charge in [0.2, 0.25) is 0 Å². The number of halogens is 1. The van der Waals surface area contributed by atoms with E-state index in [2.05, 4.69) is 0 Å². The Morgan fingerprint density at radius 2 is 1.77 bits per heavy atom. The summed E-state index contributed by atoms with van der Waals surface area (Å²) < 4.78 is 13.7. The van der Waals surface area contributed by atoms with Gasteiger partial charge in [-0.05, 0) is 65.8 Å². The second-order valence-corrected chi connectivity index (χ2v) is 10.8. The number of phenolic OH excluding ortho intramolecular Hbond substituents is 1. The Morgan fingerprint density at radius 3 is 2.44 bits per heavy atom. The first-order chi connectivity index (χ1) is 18.9. The van der Waals surface area contributed by atoms with Gasteiger partial charge >= 0.3 is 5.97 Å². The van der Waals surface area contributed by atoms with E-state index in [1.807, 2.05) is 90.2 Å². The lowest BCUT2D eigenvalue weighted by atomic mass is 9.93. The highest BCUT2D eigenvalue weighted by Crippen LogP contribution is 2.35. The Hall–Kier alpha value is -3.70. The minimum Gasteiger partial charge on any atom is -0.504 e. The minimum absolute atomic E-state index is 0.0618. The van der Waals surface area contributed by atoms with E-state index in [1.54, 1.807) is 29.7 Å². The predicted octanol–water partition coefficient (Wildman–Crippen LogP) is 4.64. The van der Waals surface area contributed by atoms with E-state index in [0.717, 1.165) is 11.1 Å². The maximum absolute atomic E-state index is 14.0. The second kappa shape index (κ2) is 11.6. The predicted molar refractivity (Wildman–Crippen MR) is 159 cm³/mol. The molecule has 3 aromatic carbocycles. The van der Waals surface area contributed by atoms with E-state index >= 15 is 0 Å². The molecule has 39 heavy (non-hydrogen) atoms. The van der Waals surface area contributed by atoms with Gasteiger partial charge in [-0.1, -0.05) is 72.0 Å². The first kappa shape index (κ1) is 26.9. The molecule has 0 radical (unpaired) electrons. The Morgan fingerprint density at radius 1 is 1.08 bits per heavy atom. The molecule has 1 aromatic heterocycles. The van der Waals surface area contributed by atoms with Gasteiger partial charge in [0.05, 0.1) is 38.6 Å². The number of carbonyl (C=O) groups is 1. The van der Waals surface area contributed by atoms with Crippen molar-refractivity contribution in [2.75, 3.05) is 13.2 Å². The van der Waals surface area contributed by atoms with Crippen molar-refractivity contribution in [1.29, 1.82) is 0 Å². The van der Waals surface area contributed by atoms with Crippen LogP contribution < -0.4 is 19.6 Å². The molecule has 198 valence electrons. The molecule has 0 aliphatic carbocycles. The monoisotopic (exact) mass is 652 g/mol. The van der Waals surface area contributed by atoms with E-state index in [9.17, 15) is 14.7 Å². The number of rotatable bonds is 7. The Kier molecular flexibility index (Phi) is 7.99. The molecule has 2 heterocycles. The smallest absolute Gasteiger partial charge is 0.338 e. The maximum atomic E-state index is 14.0. The van der Waals surface area contributed by atoms with Crippen molar-refractivity contribution in [1.82, 2.24) is 4.57 Å². The summed E-state index contributed by atoms with van der Waals surface area (Å²) in [7, 11) is 0. The number of hydrogen-bond acceptors (Lipinski definition) is 7. The molecular formula is C30H25IN2O5S. The van der Waals surface area contributed by atoms with Crippen LogP contribution in [-0.4, -0.2) is 28.9 Å². The van der Waals surface area contributed by atoms with Crippen LogP contribution in [0.3, 0.4) is 0 Å². The molecule has 0 spiro atoms. The van der Waals surface area contributed by atoms with E-state index in [4.69, 9.17) is 14.5 Å². The molecule has 0 unspecified atom stereocenters. The largest absolute Gasteiger partial charge is 0.504 e. The molecule has 1 aliphatic heterocycles. The summed E-state index contributed by atoms with van der Waals surface area (Å²) in [6.45, 7) is 4.18. The number of benzene rings is 3. The quantitative estimate of drug-likeness (QED) is 0.232. The molecule has 0 bridgehead atoms. The fourth-order valence-corrected chi connectivity index (χ4v) is 6.11. The first-order valence-corrected chi connectivity index (χ1v) is 14.3. The van der Waals surface area contributed by atoms with Crippen molar-refractivity contribution in [3.8, 4) is 11.5 Å². The van der Waals surface area contributed by atoms with Crippen molar-refractivity contribution in [3.63, 3.8) is 0 Å². The van der Waals surface area contributed by atoms with Crippen LogP contribution in [0.2, 0.25) is 0 Å². The Balaban J connectivity index is 1.79. The van der Waals surface area contributed by atoms with Gasteiger partial charge in [-0.25, -0.2) is 9.79 Å². The van der Waals surface area contributed by atoms with Crippen LogP contribution in [0, 0.1) is 3.57 Å². The highest BCUT2D eigenvalue weighted by atomic mass is 127. The molecule has 0 fully saturated rings. The molecule has 7 nitrogen and oxygen atoms in total. The number of thiazole rings is 1. The molecule has 5 rings (SSSR count). The Labute approximate surface area is 242 Å². The van der Waals surface area contributed by atoms with Gasteiger partial charge < -0.3 is 14.6 Å². The van der Waals surface area contributed by atoms with Crippen LogP contribution in [-0.2, 0) is 9.53 Å². The molecule has 0 saturated heterocycles. The third-order valence-electron chi connectivity index (χ3n) is 6.14. The minimum atomic E-state index is -0.724. The molecule has 0 amide bonds. The number of aromatic hydroxyl groups is 1. The lowest BCUT2D eigenvalue weighted by Gasteiger charge is -2.25. The highest BCUT2D eigenvalue weighted by Gasteiger charge is 2.35. The summed E-state index contributed by atoms with van der Waals surface area (Å²) in [5.41, 5.74) is 2.75. The number of aromatic nitrogens is 1. The van der Waals surface area contributed by atoms with Gasteiger partial charge in [0.25, 0.3) is 5.56 Å². The van der Waals surface area contributed by atoms with Crippen LogP contribution in [0.1, 0.15) is 36.6 Å². The average Bonchev–Trinajstić information content (AvgIpc) is 3.26. The second-order valence-electron chi connectivity index (χ2n) is 8.62. The lowest BCUT2D eigenvalue weighted by molar-refractivity contribution is -0.138. The number of fused-ring (bicyclic) bond motifs is 1. The van der Waals surface area contributed by atoms with Gasteiger partial charge in [0, 0.05) is 5.56 Å². The van der Waals surface area contributed by atoms with E-state index in [1.165, 1.54) is 11.3 Å². The van der Waals surface area contributed by atoms with Crippen molar-refractivity contribution in [2.24, 2.45) is 4.99 Å². The zero-order chi connectivity index (χ0) is 27.5. The number of phenols is 1. The summed E-state index contributed by atoms with van der Waals surface area (Å²) in [5.74, 6) is -0.106. The molecule has 1 N–H and O–H groups in total.